The molecule has 0 saturated heterocycles. The highest BCUT2D eigenvalue weighted by Crippen LogP contribution is 2.53. The van der Waals surface area contributed by atoms with Gasteiger partial charge < -0.3 is 0 Å². The molecular weight excluding hydrogens is 591 g/mol. The van der Waals surface area contributed by atoms with Crippen molar-refractivity contribution in [3.05, 3.63) is 107 Å². The van der Waals surface area contributed by atoms with Gasteiger partial charge >= 0.3 is 0 Å². The Morgan fingerprint density at radius 1 is 0.938 bits per heavy atom. The summed E-state index contributed by atoms with van der Waals surface area (Å²) in [4.78, 5) is 0. The molecule has 48 heavy (non-hydrogen) atoms. The summed E-state index contributed by atoms with van der Waals surface area (Å²) in [7, 11) is 2.04. The molecule has 3 aromatic heterocycles. The highest BCUT2D eigenvalue weighted by molar-refractivity contribution is 6.03. The van der Waals surface area contributed by atoms with Gasteiger partial charge in [-0.15, -0.1) is 0 Å². The number of pyridine rings is 2. The third-order valence-corrected chi connectivity index (χ3v) is 11.3. The predicted octanol–water partition coefficient (Wildman–Crippen LogP) is 9.51. The van der Waals surface area contributed by atoms with Crippen molar-refractivity contribution in [3.8, 4) is 22.6 Å². The van der Waals surface area contributed by atoms with Crippen LogP contribution in [0.5, 0.6) is 0 Å². The molecule has 1 aliphatic heterocycles. The monoisotopic (exact) mass is 642 g/mol. The van der Waals surface area contributed by atoms with Gasteiger partial charge in [0.05, 0.1) is 16.6 Å². The molecule has 0 radical (unpaired) electrons. The van der Waals surface area contributed by atoms with Crippen LogP contribution in [0, 0.1) is 5.82 Å². The second-order valence-corrected chi connectivity index (χ2v) is 15.7. The van der Waals surface area contributed by atoms with E-state index in [1.54, 1.807) is 6.07 Å². The van der Waals surface area contributed by atoms with Crippen LogP contribution in [0.2, 0.25) is 0 Å². The van der Waals surface area contributed by atoms with Crippen molar-refractivity contribution in [2.45, 2.75) is 110 Å². The molecular formula is C43H51FN4+2. The topological polar surface area (TPSA) is 25.6 Å². The predicted molar refractivity (Wildman–Crippen MR) is 194 cm³/mol. The van der Waals surface area contributed by atoms with Gasteiger partial charge in [-0.3, -0.25) is 4.68 Å². The molecule has 248 valence electrons. The average molecular weight is 643 g/mol. The van der Waals surface area contributed by atoms with Crippen LogP contribution in [0.4, 0.5) is 4.39 Å². The van der Waals surface area contributed by atoms with E-state index in [1.807, 2.05) is 17.8 Å². The fourth-order valence-electron chi connectivity index (χ4n) is 8.44. The van der Waals surface area contributed by atoms with Gasteiger partial charge in [0.1, 0.15) is 11.5 Å². The maximum atomic E-state index is 16.5. The second kappa shape index (κ2) is 11.5. The number of allylic oxidation sites excluding steroid dienone is 2. The van der Waals surface area contributed by atoms with E-state index in [4.69, 9.17) is 5.10 Å². The largest absolute Gasteiger partial charge is 0.262 e. The number of aryl methyl sites for hydroxylation is 2. The van der Waals surface area contributed by atoms with Crippen molar-refractivity contribution < 1.29 is 13.5 Å². The first kappa shape index (κ1) is 32.4. The Morgan fingerprint density at radius 2 is 1.71 bits per heavy atom. The zero-order valence-corrected chi connectivity index (χ0v) is 30.3. The van der Waals surface area contributed by atoms with Crippen molar-refractivity contribution in [3.63, 3.8) is 0 Å². The zero-order valence-electron chi connectivity index (χ0n) is 30.3. The minimum absolute atomic E-state index is 0.0529. The number of hydrogen-bond acceptors (Lipinski definition) is 1. The SMILES string of the molecule is CCCCc1cc2c3c4[n+](ccc3c1)C(CC)(CC)C=C(C[n+]1ccccc1-c1cc(C(C)(C)C)nn1C)c1ccc(F)c(c1-4)C2(C)C. The average Bonchev–Trinajstić information content (AvgIpc) is 3.41. The summed E-state index contributed by atoms with van der Waals surface area (Å²) < 4.78 is 23.4. The Bertz CT molecular complexity index is 2100. The van der Waals surface area contributed by atoms with E-state index in [0.717, 1.165) is 65.9 Å². The molecule has 0 N–H and O–H groups in total. The van der Waals surface area contributed by atoms with E-state index in [0.29, 0.717) is 6.54 Å². The van der Waals surface area contributed by atoms with Crippen molar-refractivity contribution in [2.75, 3.05) is 0 Å². The highest BCUT2D eigenvalue weighted by Gasteiger charge is 2.48. The van der Waals surface area contributed by atoms with E-state index in [2.05, 4.69) is 125 Å². The minimum atomic E-state index is -0.498. The second-order valence-electron chi connectivity index (χ2n) is 15.7. The number of nitrogens with zero attached hydrogens (tertiary/aromatic N) is 4. The van der Waals surface area contributed by atoms with E-state index < -0.39 is 5.41 Å². The lowest BCUT2D eigenvalue weighted by Gasteiger charge is -2.36. The molecule has 4 nitrogen and oxygen atoms in total. The molecule has 0 bridgehead atoms. The molecule has 2 aromatic carbocycles. The number of rotatable bonds is 8. The normalized spacial score (nSPS) is 15.8. The maximum absolute atomic E-state index is 16.5. The third-order valence-electron chi connectivity index (χ3n) is 11.3. The summed E-state index contributed by atoms with van der Waals surface area (Å²) in [5.41, 5.74) is 10.4. The molecule has 1 aliphatic carbocycles. The molecule has 2 aliphatic rings. The van der Waals surface area contributed by atoms with Gasteiger partial charge in [0.15, 0.2) is 24.5 Å². The molecule has 0 spiro atoms. The number of aromatic nitrogens is 4. The standard InChI is InChI=1S/C43H51FN4/c1-10-13-16-28-23-29-20-22-48-40-37(29)32(24-28)42(7,8)39-33(44)19-18-31(38(39)40)30(26-43(48,11-2)12-3)27-47-21-15-14-17-34(47)35-25-36(41(4,5)6)45-46(35)9/h14-15,17-26H,10-13,16,27H2,1-9H3/q+2. The minimum Gasteiger partial charge on any atom is -0.262 e. The fourth-order valence-corrected chi connectivity index (χ4v) is 8.44. The lowest BCUT2D eigenvalue weighted by Crippen LogP contribution is -2.56. The van der Waals surface area contributed by atoms with Crippen LogP contribution in [-0.2, 0) is 36.4 Å². The van der Waals surface area contributed by atoms with E-state index >= 15 is 4.39 Å². The molecule has 0 unspecified atom stereocenters. The molecule has 0 fully saturated rings. The number of unbranched alkanes of at least 4 members (excludes halogenated alkanes) is 1. The van der Waals surface area contributed by atoms with Gasteiger partial charge in [0.25, 0.3) is 0 Å². The van der Waals surface area contributed by atoms with Gasteiger partial charge in [0, 0.05) is 60.1 Å². The van der Waals surface area contributed by atoms with Crippen molar-refractivity contribution in [1.29, 1.82) is 0 Å². The van der Waals surface area contributed by atoms with Gasteiger partial charge in [0.2, 0.25) is 11.4 Å². The van der Waals surface area contributed by atoms with Crippen molar-refractivity contribution in [2.24, 2.45) is 7.05 Å². The fraction of sp³-hybridized carbons (Fsp3) is 0.419. The van der Waals surface area contributed by atoms with Crippen LogP contribution in [0.15, 0.2) is 73.1 Å². The summed E-state index contributed by atoms with van der Waals surface area (Å²) in [6, 6.07) is 19.5. The summed E-state index contributed by atoms with van der Waals surface area (Å²) in [5.74, 6) is -0.121. The molecule has 0 saturated carbocycles. The molecule has 5 heteroatoms. The maximum Gasteiger partial charge on any atom is 0.231 e. The lowest BCUT2D eigenvalue weighted by molar-refractivity contribution is -0.743. The van der Waals surface area contributed by atoms with Gasteiger partial charge in [-0.05, 0) is 59.2 Å². The first-order chi connectivity index (χ1) is 22.8. The van der Waals surface area contributed by atoms with Crippen LogP contribution in [0.25, 0.3) is 39.0 Å². The molecule has 7 rings (SSSR count). The van der Waals surface area contributed by atoms with E-state index in [1.165, 1.54) is 33.2 Å². The summed E-state index contributed by atoms with van der Waals surface area (Å²) in [6.45, 7) is 18.6. The van der Waals surface area contributed by atoms with Crippen molar-refractivity contribution >= 4 is 16.3 Å². The number of benzene rings is 2. The summed E-state index contributed by atoms with van der Waals surface area (Å²) in [6.07, 6.45) is 12.2. The first-order valence-electron chi connectivity index (χ1n) is 18.0. The Kier molecular flexibility index (Phi) is 7.77. The van der Waals surface area contributed by atoms with Crippen LogP contribution < -0.4 is 9.13 Å². The summed E-state index contributed by atoms with van der Waals surface area (Å²) >= 11 is 0. The quantitative estimate of drug-likeness (QED) is 0.155. The van der Waals surface area contributed by atoms with Crippen LogP contribution >= 0.6 is 0 Å². The molecule has 0 atom stereocenters. The van der Waals surface area contributed by atoms with Gasteiger partial charge in [-0.2, -0.15) is 14.2 Å². The van der Waals surface area contributed by atoms with Gasteiger partial charge in [-0.25, -0.2) is 4.39 Å². The summed E-state index contributed by atoms with van der Waals surface area (Å²) in [5, 5.41) is 7.45. The molecule has 4 heterocycles. The van der Waals surface area contributed by atoms with Crippen LogP contribution in [0.1, 0.15) is 109 Å². The number of hydrogen-bond donors (Lipinski definition) is 0. The van der Waals surface area contributed by atoms with Gasteiger partial charge in [-0.1, -0.05) is 80.0 Å². The molecule has 0 amide bonds. The third kappa shape index (κ3) is 4.87. The van der Waals surface area contributed by atoms with E-state index in [9.17, 15) is 0 Å². The Labute approximate surface area is 286 Å². The molecule has 5 aromatic rings. The van der Waals surface area contributed by atoms with Crippen molar-refractivity contribution in [1.82, 2.24) is 9.78 Å². The Hall–Kier alpha value is -4.12. The highest BCUT2D eigenvalue weighted by atomic mass is 19.1. The Balaban J connectivity index is 1.50. The number of halogens is 1. The lowest BCUT2D eigenvalue weighted by atomic mass is 9.67. The van der Waals surface area contributed by atoms with Crippen LogP contribution in [0.3, 0.4) is 0 Å². The Morgan fingerprint density at radius 3 is 2.40 bits per heavy atom. The smallest absolute Gasteiger partial charge is 0.231 e. The van der Waals surface area contributed by atoms with Crippen LogP contribution in [-0.4, -0.2) is 9.78 Å². The zero-order chi connectivity index (χ0) is 34.2. The van der Waals surface area contributed by atoms with E-state index in [-0.39, 0.29) is 16.8 Å². The first-order valence-corrected chi connectivity index (χ1v) is 18.0.